The molecule has 0 fully saturated rings. The van der Waals surface area contributed by atoms with Crippen molar-refractivity contribution in [3.05, 3.63) is 23.8 Å². The molecule has 1 rings (SSSR count). The van der Waals surface area contributed by atoms with E-state index in [0.29, 0.717) is 30.2 Å². The van der Waals surface area contributed by atoms with Crippen LogP contribution in [0.5, 0.6) is 5.75 Å². The Bertz CT molecular complexity index is 433. The number of nitrogen functional groups attached to an aromatic ring is 1. The zero-order chi connectivity index (χ0) is 14.4. The summed E-state index contributed by atoms with van der Waals surface area (Å²) in [6.07, 6.45) is 0.162. The van der Waals surface area contributed by atoms with Crippen molar-refractivity contribution in [2.75, 3.05) is 33.0 Å². The number of amides is 1. The normalized spacial score (nSPS) is 10.6. The quantitative estimate of drug-likeness (QED) is 0.797. The third-order valence-corrected chi connectivity index (χ3v) is 2.71. The van der Waals surface area contributed by atoms with E-state index in [2.05, 4.69) is 0 Å². The molecular formula is C14H22N2O3. The Hall–Kier alpha value is -1.75. The molecule has 1 aromatic carbocycles. The molecule has 5 nitrogen and oxygen atoms in total. The molecule has 0 heterocycles. The molecule has 19 heavy (non-hydrogen) atoms. The van der Waals surface area contributed by atoms with E-state index in [9.17, 15) is 4.79 Å². The van der Waals surface area contributed by atoms with Crippen LogP contribution >= 0.6 is 0 Å². The fourth-order valence-electron chi connectivity index (χ4n) is 1.60. The molecule has 5 heteroatoms. The van der Waals surface area contributed by atoms with Gasteiger partial charge in [0.25, 0.3) is 5.91 Å². The van der Waals surface area contributed by atoms with E-state index in [-0.39, 0.29) is 12.0 Å². The lowest BCUT2D eigenvalue weighted by Crippen LogP contribution is -2.31. The number of rotatable bonds is 6. The lowest BCUT2D eigenvalue weighted by atomic mass is 10.1. The Morgan fingerprint density at radius 1 is 1.42 bits per heavy atom. The van der Waals surface area contributed by atoms with Gasteiger partial charge in [-0.15, -0.1) is 0 Å². The molecule has 0 aromatic heterocycles. The summed E-state index contributed by atoms with van der Waals surface area (Å²) < 4.78 is 10.5. The van der Waals surface area contributed by atoms with Crippen molar-refractivity contribution < 1.29 is 14.3 Å². The predicted octanol–water partition coefficient (Wildman–Crippen LogP) is 1.77. The van der Waals surface area contributed by atoms with Gasteiger partial charge in [-0.05, 0) is 26.0 Å². The molecule has 0 aliphatic rings. The van der Waals surface area contributed by atoms with E-state index >= 15 is 0 Å². The monoisotopic (exact) mass is 266 g/mol. The highest BCUT2D eigenvalue weighted by molar-refractivity contribution is 5.99. The topological polar surface area (TPSA) is 64.8 Å². The second-order valence-electron chi connectivity index (χ2n) is 4.60. The highest BCUT2D eigenvalue weighted by Crippen LogP contribution is 2.20. The van der Waals surface area contributed by atoms with Crippen molar-refractivity contribution in [1.82, 2.24) is 4.90 Å². The molecule has 0 saturated heterocycles. The van der Waals surface area contributed by atoms with Crippen LogP contribution in [0.15, 0.2) is 18.2 Å². The largest absolute Gasteiger partial charge is 0.497 e. The van der Waals surface area contributed by atoms with Gasteiger partial charge in [0.2, 0.25) is 0 Å². The molecule has 2 N–H and O–H groups in total. The summed E-state index contributed by atoms with van der Waals surface area (Å²) in [5, 5.41) is 0. The summed E-state index contributed by atoms with van der Waals surface area (Å²) in [6.45, 7) is 4.96. The van der Waals surface area contributed by atoms with Crippen molar-refractivity contribution in [3.8, 4) is 5.75 Å². The number of ether oxygens (including phenoxy) is 2. The van der Waals surface area contributed by atoms with Gasteiger partial charge in [-0.25, -0.2) is 0 Å². The van der Waals surface area contributed by atoms with Crippen molar-refractivity contribution in [2.45, 2.75) is 20.0 Å². The second kappa shape index (κ2) is 6.99. The Morgan fingerprint density at radius 2 is 2.11 bits per heavy atom. The lowest BCUT2D eigenvalue weighted by molar-refractivity contribution is 0.0532. The zero-order valence-corrected chi connectivity index (χ0v) is 12.0. The number of carbonyl (C=O) groups excluding carboxylic acids is 1. The van der Waals surface area contributed by atoms with Crippen LogP contribution in [0.2, 0.25) is 0 Å². The zero-order valence-electron chi connectivity index (χ0n) is 12.0. The Labute approximate surface area is 114 Å². The first-order chi connectivity index (χ1) is 8.95. The van der Waals surface area contributed by atoms with Crippen LogP contribution in [-0.4, -0.2) is 44.2 Å². The standard InChI is InChI=1S/C14H22N2O3/c1-10(2)19-8-7-16(3)14(17)12-6-5-11(18-4)9-13(12)15/h5-6,9-10H,7-8,15H2,1-4H3. The number of carbonyl (C=O) groups is 1. The van der Waals surface area contributed by atoms with Crippen LogP contribution in [0.25, 0.3) is 0 Å². The predicted molar refractivity (Wildman–Crippen MR) is 75.5 cm³/mol. The molecular weight excluding hydrogens is 244 g/mol. The Balaban J connectivity index is 2.66. The van der Waals surface area contributed by atoms with Crippen molar-refractivity contribution >= 4 is 11.6 Å². The fourth-order valence-corrected chi connectivity index (χ4v) is 1.60. The summed E-state index contributed by atoms with van der Waals surface area (Å²) >= 11 is 0. The second-order valence-corrected chi connectivity index (χ2v) is 4.60. The van der Waals surface area contributed by atoms with Crippen molar-refractivity contribution in [3.63, 3.8) is 0 Å². The van der Waals surface area contributed by atoms with Gasteiger partial charge in [0.05, 0.1) is 25.4 Å². The van der Waals surface area contributed by atoms with Crippen LogP contribution in [0.3, 0.4) is 0 Å². The molecule has 0 aliphatic heterocycles. The van der Waals surface area contributed by atoms with E-state index in [4.69, 9.17) is 15.2 Å². The van der Waals surface area contributed by atoms with Gasteiger partial charge in [-0.3, -0.25) is 4.79 Å². The van der Waals surface area contributed by atoms with E-state index < -0.39 is 0 Å². The minimum atomic E-state index is -0.118. The van der Waals surface area contributed by atoms with Crippen LogP contribution in [0, 0.1) is 0 Å². The highest BCUT2D eigenvalue weighted by Gasteiger charge is 2.15. The van der Waals surface area contributed by atoms with E-state index in [0.717, 1.165) is 0 Å². The first-order valence-electron chi connectivity index (χ1n) is 6.26. The number of nitrogens with two attached hydrogens (primary N) is 1. The summed E-state index contributed by atoms with van der Waals surface area (Å²) in [6, 6.07) is 5.05. The number of anilines is 1. The summed E-state index contributed by atoms with van der Waals surface area (Å²) in [5.41, 5.74) is 6.75. The molecule has 1 aromatic rings. The van der Waals surface area contributed by atoms with Gasteiger partial charge in [0, 0.05) is 25.3 Å². The number of benzene rings is 1. The lowest BCUT2D eigenvalue weighted by Gasteiger charge is -2.19. The van der Waals surface area contributed by atoms with Crippen LogP contribution < -0.4 is 10.5 Å². The summed E-state index contributed by atoms with van der Waals surface area (Å²) in [5.74, 6) is 0.521. The summed E-state index contributed by atoms with van der Waals surface area (Å²) in [7, 11) is 3.29. The number of likely N-dealkylation sites (N-methyl/N-ethyl adjacent to an activating group) is 1. The minimum absolute atomic E-state index is 0.118. The van der Waals surface area contributed by atoms with E-state index in [1.807, 2.05) is 13.8 Å². The SMILES string of the molecule is COc1ccc(C(=O)N(C)CCOC(C)C)c(N)c1. The average Bonchev–Trinajstić information content (AvgIpc) is 2.37. The van der Waals surface area contributed by atoms with Crippen LogP contribution in [0.1, 0.15) is 24.2 Å². The van der Waals surface area contributed by atoms with Crippen molar-refractivity contribution in [1.29, 1.82) is 0 Å². The number of hydrogen-bond acceptors (Lipinski definition) is 4. The molecule has 1 amide bonds. The molecule has 0 saturated carbocycles. The minimum Gasteiger partial charge on any atom is -0.497 e. The molecule has 0 aliphatic carbocycles. The maximum Gasteiger partial charge on any atom is 0.255 e. The average molecular weight is 266 g/mol. The number of methoxy groups -OCH3 is 1. The highest BCUT2D eigenvalue weighted by atomic mass is 16.5. The number of hydrogen-bond donors (Lipinski definition) is 1. The molecule has 0 bridgehead atoms. The maximum atomic E-state index is 12.2. The first kappa shape index (κ1) is 15.3. The molecule has 0 spiro atoms. The maximum absolute atomic E-state index is 12.2. The van der Waals surface area contributed by atoms with Crippen LogP contribution in [0.4, 0.5) is 5.69 Å². The molecule has 0 unspecified atom stereocenters. The Morgan fingerprint density at radius 3 is 2.63 bits per heavy atom. The molecule has 0 radical (unpaired) electrons. The van der Waals surface area contributed by atoms with Gasteiger partial charge in [0.15, 0.2) is 0 Å². The van der Waals surface area contributed by atoms with Gasteiger partial charge in [-0.2, -0.15) is 0 Å². The Kier molecular flexibility index (Phi) is 5.63. The smallest absolute Gasteiger partial charge is 0.255 e. The molecule has 106 valence electrons. The molecule has 0 atom stereocenters. The van der Waals surface area contributed by atoms with Gasteiger partial charge >= 0.3 is 0 Å². The number of nitrogens with zero attached hydrogens (tertiary/aromatic N) is 1. The fraction of sp³-hybridized carbons (Fsp3) is 0.500. The van der Waals surface area contributed by atoms with E-state index in [1.165, 1.54) is 0 Å². The van der Waals surface area contributed by atoms with Gasteiger partial charge in [0.1, 0.15) is 5.75 Å². The summed E-state index contributed by atoms with van der Waals surface area (Å²) in [4.78, 5) is 13.8. The third kappa shape index (κ3) is 4.44. The van der Waals surface area contributed by atoms with Gasteiger partial charge < -0.3 is 20.1 Å². The van der Waals surface area contributed by atoms with E-state index in [1.54, 1.807) is 37.3 Å². The third-order valence-electron chi connectivity index (χ3n) is 2.71. The van der Waals surface area contributed by atoms with Crippen LogP contribution in [-0.2, 0) is 4.74 Å². The van der Waals surface area contributed by atoms with Gasteiger partial charge in [-0.1, -0.05) is 0 Å². The first-order valence-corrected chi connectivity index (χ1v) is 6.26. The van der Waals surface area contributed by atoms with Crippen molar-refractivity contribution in [2.24, 2.45) is 0 Å².